The number of anilines is 3. The van der Waals surface area contributed by atoms with E-state index >= 15 is 0 Å². The molecule has 2 aromatic carbocycles. The third-order valence-corrected chi connectivity index (χ3v) is 5.58. The van der Waals surface area contributed by atoms with Crippen LogP contribution in [0.15, 0.2) is 54.9 Å². The highest BCUT2D eigenvalue weighted by molar-refractivity contribution is 5.98. The molecule has 0 saturated carbocycles. The Hall–Kier alpha value is -4.65. The summed E-state index contributed by atoms with van der Waals surface area (Å²) in [6.45, 7) is 0.435. The van der Waals surface area contributed by atoms with E-state index in [9.17, 15) is 14.4 Å². The molecule has 5 rings (SSSR count). The standard InChI is InChI=1S/C24H19FN8O/c1-32-28-14-21(31-32)30-24-27-8-6-20(29-24)17-10-16-7-9-33(23(16)18(11-17)13-26)22(34)12-15-4-2-3-5-19(15)25/h2-6,8,10-11,14H,7,9,12H2,1H3,(H,27,29,30,31). The van der Waals surface area contributed by atoms with Gasteiger partial charge in [-0.15, -0.1) is 5.10 Å². The van der Waals surface area contributed by atoms with E-state index in [1.807, 2.05) is 6.07 Å². The number of hydrogen-bond donors (Lipinski definition) is 1. The number of fused-ring (bicyclic) bond motifs is 1. The van der Waals surface area contributed by atoms with Crippen molar-refractivity contribution in [3.63, 3.8) is 0 Å². The Bertz CT molecular complexity index is 1440. The Labute approximate surface area is 194 Å². The van der Waals surface area contributed by atoms with E-state index in [1.165, 1.54) is 10.9 Å². The van der Waals surface area contributed by atoms with E-state index in [0.717, 1.165) is 11.1 Å². The van der Waals surface area contributed by atoms with Crippen molar-refractivity contribution in [1.82, 2.24) is 25.0 Å². The molecule has 0 atom stereocenters. The van der Waals surface area contributed by atoms with Gasteiger partial charge in [-0.05, 0) is 41.8 Å². The molecule has 4 aromatic rings. The first-order valence-electron chi connectivity index (χ1n) is 10.6. The summed E-state index contributed by atoms with van der Waals surface area (Å²) in [5, 5.41) is 21.0. The predicted molar refractivity (Wildman–Crippen MR) is 123 cm³/mol. The molecule has 0 saturated heterocycles. The molecule has 1 N–H and O–H groups in total. The molecule has 3 heterocycles. The molecule has 0 spiro atoms. The van der Waals surface area contributed by atoms with Gasteiger partial charge in [-0.1, -0.05) is 18.2 Å². The Balaban J connectivity index is 1.44. The van der Waals surface area contributed by atoms with Crippen LogP contribution in [-0.2, 0) is 24.7 Å². The lowest BCUT2D eigenvalue weighted by atomic mass is 10.0. The van der Waals surface area contributed by atoms with Crippen molar-refractivity contribution in [2.24, 2.45) is 7.05 Å². The van der Waals surface area contributed by atoms with E-state index in [2.05, 4.69) is 31.6 Å². The quantitative estimate of drug-likeness (QED) is 0.493. The minimum absolute atomic E-state index is 0.0674. The molecule has 2 aromatic heterocycles. The van der Waals surface area contributed by atoms with Crippen LogP contribution in [0.2, 0.25) is 0 Å². The van der Waals surface area contributed by atoms with Crippen LogP contribution in [0.4, 0.5) is 21.8 Å². The Morgan fingerprint density at radius 3 is 2.88 bits per heavy atom. The molecule has 1 aliphatic heterocycles. The molecule has 0 bridgehead atoms. The van der Waals surface area contributed by atoms with Gasteiger partial charge in [0.25, 0.3) is 0 Å². The van der Waals surface area contributed by atoms with Gasteiger partial charge in [-0.3, -0.25) is 4.79 Å². The molecule has 0 radical (unpaired) electrons. The molecule has 168 valence electrons. The number of amides is 1. The van der Waals surface area contributed by atoms with Crippen LogP contribution in [0, 0.1) is 17.1 Å². The van der Waals surface area contributed by atoms with E-state index in [4.69, 9.17) is 0 Å². The second-order valence-corrected chi connectivity index (χ2v) is 7.82. The molecule has 1 amide bonds. The average Bonchev–Trinajstić information content (AvgIpc) is 3.46. The highest BCUT2D eigenvalue weighted by atomic mass is 19.1. The van der Waals surface area contributed by atoms with E-state index < -0.39 is 5.82 Å². The second-order valence-electron chi connectivity index (χ2n) is 7.82. The van der Waals surface area contributed by atoms with Crippen LogP contribution in [0.3, 0.4) is 0 Å². The number of nitrogens with zero attached hydrogens (tertiary/aromatic N) is 7. The number of carbonyl (C=O) groups is 1. The lowest BCUT2D eigenvalue weighted by molar-refractivity contribution is -0.117. The summed E-state index contributed by atoms with van der Waals surface area (Å²) in [5.41, 5.74) is 3.52. The third-order valence-electron chi connectivity index (χ3n) is 5.58. The first-order chi connectivity index (χ1) is 16.5. The third kappa shape index (κ3) is 4.06. The molecule has 9 nitrogen and oxygen atoms in total. The number of hydrogen-bond acceptors (Lipinski definition) is 7. The van der Waals surface area contributed by atoms with Gasteiger partial charge in [-0.25, -0.2) is 14.4 Å². The molecular formula is C24H19FN8O. The van der Waals surface area contributed by atoms with Gasteiger partial charge < -0.3 is 10.2 Å². The van der Waals surface area contributed by atoms with Crippen LogP contribution >= 0.6 is 0 Å². The van der Waals surface area contributed by atoms with Gasteiger partial charge in [0, 0.05) is 25.4 Å². The van der Waals surface area contributed by atoms with Gasteiger partial charge in [0.15, 0.2) is 5.82 Å². The number of aromatic nitrogens is 5. The normalized spacial score (nSPS) is 12.3. The van der Waals surface area contributed by atoms with Crippen molar-refractivity contribution in [3.8, 4) is 17.3 Å². The maximum Gasteiger partial charge on any atom is 0.231 e. The summed E-state index contributed by atoms with van der Waals surface area (Å²) < 4.78 is 14.0. The zero-order chi connectivity index (χ0) is 23.7. The van der Waals surface area contributed by atoms with Gasteiger partial charge in [0.1, 0.15) is 11.9 Å². The van der Waals surface area contributed by atoms with Crippen molar-refractivity contribution >= 4 is 23.4 Å². The van der Waals surface area contributed by atoms with Gasteiger partial charge in [-0.2, -0.15) is 15.2 Å². The molecule has 0 unspecified atom stereocenters. The number of rotatable bonds is 5. The van der Waals surface area contributed by atoms with E-state index in [1.54, 1.807) is 54.7 Å². The zero-order valence-electron chi connectivity index (χ0n) is 18.2. The highest BCUT2D eigenvalue weighted by Gasteiger charge is 2.29. The lowest BCUT2D eigenvalue weighted by Gasteiger charge is -2.19. The fourth-order valence-corrected chi connectivity index (χ4v) is 4.03. The fourth-order valence-electron chi connectivity index (χ4n) is 4.03. The SMILES string of the molecule is Cn1ncc(Nc2nccc(-c3cc(C#N)c4c(c3)CCN4C(=O)Cc3ccccc3F)n2)n1. The molecule has 34 heavy (non-hydrogen) atoms. The second kappa shape index (κ2) is 8.71. The summed E-state index contributed by atoms with van der Waals surface area (Å²) in [4.78, 5) is 24.7. The average molecular weight is 454 g/mol. The monoisotopic (exact) mass is 454 g/mol. The van der Waals surface area contributed by atoms with Crippen LogP contribution in [0.5, 0.6) is 0 Å². The lowest BCUT2D eigenvalue weighted by Crippen LogP contribution is -2.31. The van der Waals surface area contributed by atoms with Gasteiger partial charge >= 0.3 is 0 Å². The number of nitriles is 1. The number of benzene rings is 2. The Kier molecular flexibility index (Phi) is 5.43. The van der Waals surface area contributed by atoms with Crippen LogP contribution in [-0.4, -0.2) is 37.4 Å². The van der Waals surface area contributed by atoms with Crippen LogP contribution in [0.25, 0.3) is 11.3 Å². The van der Waals surface area contributed by atoms with Crippen molar-refractivity contribution < 1.29 is 9.18 Å². The zero-order valence-corrected chi connectivity index (χ0v) is 18.2. The van der Waals surface area contributed by atoms with Crippen molar-refractivity contribution in [2.75, 3.05) is 16.8 Å². The van der Waals surface area contributed by atoms with Crippen molar-refractivity contribution in [2.45, 2.75) is 12.8 Å². The van der Waals surface area contributed by atoms with Crippen molar-refractivity contribution in [3.05, 3.63) is 77.4 Å². The largest absolute Gasteiger partial charge is 0.310 e. The van der Waals surface area contributed by atoms with Crippen molar-refractivity contribution in [1.29, 1.82) is 5.26 Å². The predicted octanol–water partition coefficient (Wildman–Crippen LogP) is 3.16. The summed E-state index contributed by atoms with van der Waals surface area (Å²) >= 11 is 0. The Morgan fingerprint density at radius 1 is 1.26 bits per heavy atom. The molecule has 0 fully saturated rings. The Morgan fingerprint density at radius 2 is 2.12 bits per heavy atom. The summed E-state index contributed by atoms with van der Waals surface area (Å²) in [6, 6.07) is 13.8. The first-order valence-corrected chi connectivity index (χ1v) is 10.6. The summed E-state index contributed by atoms with van der Waals surface area (Å²) in [7, 11) is 1.71. The smallest absolute Gasteiger partial charge is 0.231 e. The van der Waals surface area contributed by atoms with Crippen LogP contribution < -0.4 is 10.2 Å². The summed E-state index contributed by atoms with van der Waals surface area (Å²) in [5.74, 6) is 0.195. The highest BCUT2D eigenvalue weighted by Crippen LogP contribution is 2.36. The fraction of sp³-hybridized carbons (Fsp3) is 0.167. The maximum absolute atomic E-state index is 14.0. The number of carbonyl (C=O) groups excluding carboxylic acids is 1. The number of halogens is 1. The topological polar surface area (TPSA) is 113 Å². The summed E-state index contributed by atoms with van der Waals surface area (Å²) in [6.07, 6.45) is 3.70. The number of aryl methyl sites for hydroxylation is 1. The molecular weight excluding hydrogens is 435 g/mol. The molecule has 0 aliphatic carbocycles. The van der Waals surface area contributed by atoms with E-state index in [-0.39, 0.29) is 12.3 Å². The van der Waals surface area contributed by atoms with Gasteiger partial charge in [0.2, 0.25) is 11.9 Å². The molecule has 10 heteroatoms. The maximum atomic E-state index is 14.0. The van der Waals surface area contributed by atoms with Gasteiger partial charge in [0.05, 0.1) is 29.6 Å². The van der Waals surface area contributed by atoms with E-state index in [0.29, 0.717) is 47.2 Å². The molecule has 1 aliphatic rings. The minimum Gasteiger partial charge on any atom is -0.310 e. The first kappa shape index (κ1) is 21.2. The van der Waals surface area contributed by atoms with Crippen LogP contribution in [0.1, 0.15) is 16.7 Å². The minimum atomic E-state index is -0.416. The number of nitrogens with one attached hydrogen (secondary N) is 1.